The molecule has 19 heavy (non-hydrogen) atoms. The first kappa shape index (κ1) is 16.2. The topological polar surface area (TPSA) is 20.3 Å². The fraction of sp³-hybridized carbons (Fsp3) is 0.562. The molecular weight excluding hydrogens is 302 g/mol. The van der Waals surface area contributed by atoms with Gasteiger partial charge < -0.3 is 4.90 Å². The molecule has 1 rings (SSSR count). The van der Waals surface area contributed by atoms with E-state index in [9.17, 15) is 4.79 Å². The number of halogens is 1. The van der Waals surface area contributed by atoms with Gasteiger partial charge in [-0.3, -0.25) is 4.79 Å². The van der Waals surface area contributed by atoms with Crippen LogP contribution in [0.15, 0.2) is 22.7 Å². The minimum Gasteiger partial charge on any atom is -0.339 e. The van der Waals surface area contributed by atoms with Crippen molar-refractivity contribution in [1.29, 1.82) is 0 Å². The van der Waals surface area contributed by atoms with Crippen molar-refractivity contribution in [2.45, 2.75) is 46.5 Å². The average molecular weight is 326 g/mol. The molecular formula is C16H24BrNO. The summed E-state index contributed by atoms with van der Waals surface area (Å²) in [6, 6.07) is 5.84. The first-order chi connectivity index (χ1) is 9.10. The highest BCUT2D eigenvalue weighted by atomic mass is 79.9. The van der Waals surface area contributed by atoms with Crippen LogP contribution < -0.4 is 0 Å². The number of aryl methyl sites for hydroxylation is 1. The lowest BCUT2D eigenvalue weighted by molar-refractivity contribution is 0.0751. The minimum absolute atomic E-state index is 0.164. The van der Waals surface area contributed by atoms with Crippen LogP contribution in [-0.2, 0) is 0 Å². The number of hydrogen-bond donors (Lipinski definition) is 0. The Hall–Kier alpha value is -0.830. The summed E-state index contributed by atoms with van der Waals surface area (Å²) in [4.78, 5) is 14.5. The number of nitrogens with zero attached hydrogens (tertiary/aromatic N) is 1. The number of carbonyl (C=O) groups excluding carboxylic acids is 1. The summed E-state index contributed by atoms with van der Waals surface area (Å²) < 4.78 is 1.05. The van der Waals surface area contributed by atoms with E-state index in [4.69, 9.17) is 0 Å². The van der Waals surface area contributed by atoms with Gasteiger partial charge in [-0.05, 0) is 43.5 Å². The van der Waals surface area contributed by atoms with E-state index < -0.39 is 0 Å². The standard InChI is InChI=1S/C16H24BrNO/c1-4-6-10-18(11-7-5-2)16(19)14-8-9-15(17)13(3)12-14/h8-9,12H,4-7,10-11H2,1-3H3. The van der Waals surface area contributed by atoms with Crippen LogP contribution in [0.25, 0.3) is 0 Å². The van der Waals surface area contributed by atoms with Crippen molar-refractivity contribution in [3.8, 4) is 0 Å². The Kier molecular flexibility index (Phi) is 7.14. The van der Waals surface area contributed by atoms with Gasteiger partial charge in [-0.1, -0.05) is 42.6 Å². The largest absolute Gasteiger partial charge is 0.339 e. The van der Waals surface area contributed by atoms with E-state index in [0.717, 1.165) is 54.4 Å². The highest BCUT2D eigenvalue weighted by Gasteiger charge is 2.15. The Morgan fingerprint density at radius 3 is 2.21 bits per heavy atom. The maximum Gasteiger partial charge on any atom is 0.253 e. The normalized spacial score (nSPS) is 10.5. The molecule has 106 valence electrons. The molecule has 1 aromatic rings. The second-order valence-corrected chi connectivity index (χ2v) is 5.82. The van der Waals surface area contributed by atoms with Gasteiger partial charge in [-0.2, -0.15) is 0 Å². The fourth-order valence-electron chi connectivity index (χ4n) is 1.97. The Morgan fingerprint density at radius 2 is 1.74 bits per heavy atom. The Balaban J connectivity index is 2.81. The molecule has 0 aliphatic heterocycles. The van der Waals surface area contributed by atoms with Crippen molar-refractivity contribution in [2.75, 3.05) is 13.1 Å². The lowest BCUT2D eigenvalue weighted by Crippen LogP contribution is -2.33. The Bertz CT molecular complexity index is 409. The van der Waals surface area contributed by atoms with Crippen molar-refractivity contribution < 1.29 is 4.79 Å². The number of carbonyl (C=O) groups is 1. The summed E-state index contributed by atoms with van der Waals surface area (Å²) in [6.45, 7) is 8.07. The summed E-state index contributed by atoms with van der Waals surface area (Å²) in [5, 5.41) is 0. The van der Waals surface area contributed by atoms with E-state index in [-0.39, 0.29) is 5.91 Å². The third-order valence-electron chi connectivity index (χ3n) is 3.26. The Labute approximate surface area is 125 Å². The van der Waals surface area contributed by atoms with E-state index in [1.807, 2.05) is 30.0 Å². The highest BCUT2D eigenvalue weighted by Crippen LogP contribution is 2.18. The molecule has 0 aliphatic carbocycles. The van der Waals surface area contributed by atoms with Crippen LogP contribution in [0.5, 0.6) is 0 Å². The van der Waals surface area contributed by atoms with Crippen LogP contribution in [0.3, 0.4) is 0 Å². The van der Waals surface area contributed by atoms with Gasteiger partial charge in [0, 0.05) is 23.1 Å². The molecule has 0 heterocycles. The molecule has 0 saturated heterocycles. The van der Waals surface area contributed by atoms with Gasteiger partial charge in [0.1, 0.15) is 0 Å². The van der Waals surface area contributed by atoms with Gasteiger partial charge >= 0.3 is 0 Å². The summed E-state index contributed by atoms with van der Waals surface area (Å²) in [7, 11) is 0. The zero-order chi connectivity index (χ0) is 14.3. The molecule has 3 heteroatoms. The maximum atomic E-state index is 12.5. The fourth-order valence-corrected chi connectivity index (χ4v) is 2.22. The van der Waals surface area contributed by atoms with Crippen LogP contribution >= 0.6 is 15.9 Å². The van der Waals surface area contributed by atoms with Crippen molar-refractivity contribution in [3.63, 3.8) is 0 Å². The molecule has 0 fully saturated rings. The van der Waals surface area contributed by atoms with Gasteiger partial charge in [-0.25, -0.2) is 0 Å². The van der Waals surface area contributed by atoms with Crippen LogP contribution in [0.2, 0.25) is 0 Å². The molecule has 0 N–H and O–H groups in total. The number of unbranched alkanes of at least 4 members (excludes halogenated alkanes) is 2. The van der Waals surface area contributed by atoms with Crippen LogP contribution in [-0.4, -0.2) is 23.9 Å². The summed E-state index contributed by atoms with van der Waals surface area (Å²) in [5.74, 6) is 0.164. The molecule has 0 saturated carbocycles. The van der Waals surface area contributed by atoms with Crippen LogP contribution in [0.1, 0.15) is 55.5 Å². The average Bonchev–Trinajstić information content (AvgIpc) is 2.41. The zero-order valence-electron chi connectivity index (χ0n) is 12.2. The van der Waals surface area contributed by atoms with Gasteiger partial charge in [0.2, 0.25) is 0 Å². The quantitative estimate of drug-likeness (QED) is 0.705. The molecule has 0 aromatic heterocycles. The molecule has 0 spiro atoms. The molecule has 0 aliphatic rings. The third-order valence-corrected chi connectivity index (χ3v) is 4.15. The maximum absolute atomic E-state index is 12.5. The molecule has 1 amide bonds. The minimum atomic E-state index is 0.164. The molecule has 0 bridgehead atoms. The van der Waals surface area contributed by atoms with Gasteiger partial charge in [0.05, 0.1) is 0 Å². The van der Waals surface area contributed by atoms with Crippen molar-refractivity contribution in [3.05, 3.63) is 33.8 Å². The third kappa shape index (κ3) is 4.98. The van der Waals surface area contributed by atoms with Gasteiger partial charge in [-0.15, -0.1) is 0 Å². The second-order valence-electron chi connectivity index (χ2n) is 4.96. The predicted octanol–water partition coefficient (Wildman–Crippen LogP) is 4.80. The molecule has 0 atom stereocenters. The van der Waals surface area contributed by atoms with E-state index in [1.165, 1.54) is 0 Å². The van der Waals surface area contributed by atoms with Crippen molar-refractivity contribution in [1.82, 2.24) is 4.90 Å². The van der Waals surface area contributed by atoms with E-state index >= 15 is 0 Å². The second kappa shape index (κ2) is 8.36. The first-order valence-corrected chi connectivity index (χ1v) is 7.94. The predicted molar refractivity (Wildman–Crippen MR) is 84.6 cm³/mol. The number of rotatable bonds is 7. The highest BCUT2D eigenvalue weighted by molar-refractivity contribution is 9.10. The monoisotopic (exact) mass is 325 g/mol. The van der Waals surface area contributed by atoms with E-state index in [0.29, 0.717) is 0 Å². The SMILES string of the molecule is CCCCN(CCCC)C(=O)c1ccc(Br)c(C)c1. The lowest BCUT2D eigenvalue weighted by Gasteiger charge is -2.22. The smallest absolute Gasteiger partial charge is 0.253 e. The van der Waals surface area contributed by atoms with Crippen molar-refractivity contribution >= 4 is 21.8 Å². The lowest BCUT2D eigenvalue weighted by atomic mass is 10.1. The number of benzene rings is 1. The molecule has 0 radical (unpaired) electrons. The Morgan fingerprint density at radius 1 is 1.16 bits per heavy atom. The summed E-state index contributed by atoms with van der Waals surface area (Å²) in [6.07, 6.45) is 4.39. The molecule has 1 aromatic carbocycles. The number of amides is 1. The van der Waals surface area contributed by atoms with Gasteiger partial charge in [0.25, 0.3) is 5.91 Å². The van der Waals surface area contributed by atoms with Crippen LogP contribution in [0, 0.1) is 6.92 Å². The molecule has 0 unspecified atom stereocenters. The summed E-state index contributed by atoms with van der Waals surface area (Å²) >= 11 is 3.47. The number of hydrogen-bond acceptors (Lipinski definition) is 1. The molecule has 2 nitrogen and oxygen atoms in total. The first-order valence-electron chi connectivity index (χ1n) is 7.15. The van der Waals surface area contributed by atoms with Crippen molar-refractivity contribution in [2.24, 2.45) is 0 Å². The zero-order valence-corrected chi connectivity index (χ0v) is 13.8. The van der Waals surface area contributed by atoms with Crippen LogP contribution in [0.4, 0.5) is 0 Å². The van der Waals surface area contributed by atoms with E-state index in [2.05, 4.69) is 29.8 Å². The van der Waals surface area contributed by atoms with Gasteiger partial charge in [0.15, 0.2) is 0 Å². The van der Waals surface area contributed by atoms with E-state index in [1.54, 1.807) is 0 Å². The summed E-state index contributed by atoms with van der Waals surface area (Å²) in [5.41, 5.74) is 1.91.